The maximum atomic E-state index is 12.0. The highest BCUT2D eigenvalue weighted by Gasteiger charge is 2.21. The fourth-order valence-electron chi connectivity index (χ4n) is 2.09. The van der Waals surface area contributed by atoms with Gasteiger partial charge in [-0.3, -0.25) is 9.59 Å². The molecule has 2 atom stereocenters. The van der Waals surface area contributed by atoms with Gasteiger partial charge in [-0.2, -0.15) is 11.8 Å². The van der Waals surface area contributed by atoms with E-state index in [1.165, 1.54) is 6.42 Å². The molecular weight excluding hydrogens is 392 g/mol. The summed E-state index contributed by atoms with van der Waals surface area (Å²) in [5.41, 5.74) is 0. The third-order valence-corrected chi connectivity index (χ3v) is 4.15. The van der Waals surface area contributed by atoms with Crippen molar-refractivity contribution >= 4 is 29.5 Å². The Kier molecular flexibility index (Phi) is 27.6. The van der Waals surface area contributed by atoms with E-state index in [1.807, 2.05) is 27.2 Å². The van der Waals surface area contributed by atoms with E-state index in [0.717, 1.165) is 18.7 Å². The lowest BCUT2D eigenvalue weighted by atomic mass is 10.1. The standard InChI is InChI=1S/C15H30N4O4S.C3H8.C2H6/c1-16-8-5-4-6-12(15(22)23)19-13(20)10-18-14(21)11(17-2)7-9-24-3;1-3-2;1-2/h11-12,16-17H,4-10H2,1-3H3,(H,18,21)(H,19,20)(H,22,23);3H2,1-2H3;1-2H3. The van der Waals surface area contributed by atoms with Crippen LogP contribution in [0.4, 0.5) is 0 Å². The average Bonchev–Trinajstić information content (AvgIpc) is 2.71. The summed E-state index contributed by atoms with van der Waals surface area (Å²) in [5, 5.41) is 20.0. The monoisotopic (exact) mass is 436 g/mol. The number of nitrogens with one attached hydrogen (secondary N) is 4. The lowest BCUT2D eigenvalue weighted by Gasteiger charge is -2.17. The molecule has 9 heteroatoms. The van der Waals surface area contributed by atoms with Gasteiger partial charge in [0.15, 0.2) is 0 Å². The van der Waals surface area contributed by atoms with Crippen molar-refractivity contribution in [1.29, 1.82) is 0 Å². The highest BCUT2D eigenvalue weighted by molar-refractivity contribution is 7.98. The van der Waals surface area contributed by atoms with Gasteiger partial charge in [-0.15, -0.1) is 0 Å². The topological polar surface area (TPSA) is 120 Å². The molecule has 0 heterocycles. The van der Waals surface area contributed by atoms with Crippen molar-refractivity contribution in [2.24, 2.45) is 0 Å². The first-order valence-corrected chi connectivity index (χ1v) is 11.9. The van der Waals surface area contributed by atoms with Crippen LogP contribution in [0.5, 0.6) is 0 Å². The smallest absolute Gasteiger partial charge is 0.326 e. The normalized spacial score (nSPS) is 11.7. The van der Waals surface area contributed by atoms with Crippen LogP contribution >= 0.6 is 11.8 Å². The molecule has 0 aromatic heterocycles. The average molecular weight is 437 g/mol. The van der Waals surface area contributed by atoms with Crippen LogP contribution in [0, 0.1) is 0 Å². The van der Waals surface area contributed by atoms with Crippen LogP contribution < -0.4 is 21.3 Å². The van der Waals surface area contributed by atoms with E-state index in [4.69, 9.17) is 5.11 Å². The first-order chi connectivity index (χ1) is 13.9. The number of carbonyl (C=O) groups is 3. The van der Waals surface area contributed by atoms with Crippen LogP contribution in [0.3, 0.4) is 0 Å². The van der Waals surface area contributed by atoms with Crippen LogP contribution in [0.2, 0.25) is 0 Å². The Morgan fingerprint density at radius 3 is 2.03 bits per heavy atom. The van der Waals surface area contributed by atoms with Gasteiger partial charge in [0.1, 0.15) is 6.04 Å². The molecular formula is C20H44N4O4S. The first kappa shape index (κ1) is 32.3. The molecule has 0 spiro atoms. The van der Waals surface area contributed by atoms with Gasteiger partial charge < -0.3 is 26.4 Å². The van der Waals surface area contributed by atoms with Gasteiger partial charge in [-0.05, 0) is 58.3 Å². The molecule has 0 aromatic carbocycles. The zero-order chi connectivity index (χ0) is 23.1. The summed E-state index contributed by atoms with van der Waals surface area (Å²) in [4.78, 5) is 35.0. The van der Waals surface area contributed by atoms with E-state index in [9.17, 15) is 14.4 Å². The Morgan fingerprint density at radius 1 is 1.00 bits per heavy atom. The lowest BCUT2D eigenvalue weighted by Crippen LogP contribution is -2.49. The van der Waals surface area contributed by atoms with Crippen LogP contribution in [0.25, 0.3) is 0 Å². The molecule has 0 rings (SSSR count). The number of unbranched alkanes of at least 4 members (excludes halogenated alkanes) is 1. The van der Waals surface area contributed by atoms with Gasteiger partial charge >= 0.3 is 5.97 Å². The lowest BCUT2D eigenvalue weighted by molar-refractivity contribution is -0.142. The number of rotatable bonds is 14. The van der Waals surface area contributed by atoms with Crippen molar-refractivity contribution in [3.05, 3.63) is 0 Å². The molecule has 29 heavy (non-hydrogen) atoms. The second kappa shape index (κ2) is 24.7. The third-order valence-electron chi connectivity index (χ3n) is 3.50. The predicted molar refractivity (Wildman–Crippen MR) is 124 cm³/mol. The second-order valence-electron chi connectivity index (χ2n) is 6.11. The molecule has 0 radical (unpaired) electrons. The minimum atomic E-state index is -1.06. The van der Waals surface area contributed by atoms with Crippen molar-refractivity contribution in [3.63, 3.8) is 0 Å². The molecule has 0 aliphatic heterocycles. The number of hydrogen-bond donors (Lipinski definition) is 5. The zero-order valence-corrected chi connectivity index (χ0v) is 20.2. The zero-order valence-electron chi connectivity index (χ0n) is 19.4. The summed E-state index contributed by atoms with van der Waals surface area (Å²) in [6, 6.07) is -1.29. The molecule has 0 saturated heterocycles. The summed E-state index contributed by atoms with van der Waals surface area (Å²) in [6.45, 7) is 8.83. The summed E-state index contributed by atoms with van der Waals surface area (Å²) in [7, 11) is 3.52. The van der Waals surface area contributed by atoms with Crippen LogP contribution in [-0.2, 0) is 14.4 Å². The minimum absolute atomic E-state index is 0.226. The van der Waals surface area contributed by atoms with Crippen molar-refractivity contribution < 1.29 is 19.5 Å². The molecule has 0 aliphatic rings. The van der Waals surface area contributed by atoms with E-state index in [2.05, 4.69) is 35.1 Å². The van der Waals surface area contributed by atoms with E-state index in [-0.39, 0.29) is 18.5 Å². The van der Waals surface area contributed by atoms with Gasteiger partial charge in [0.05, 0.1) is 12.6 Å². The molecule has 0 fully saturated rings. The number of hydrogen-bond acceptors (Lipinski definition) is 6. The molecule has 0 aliphatic carbocycles. The molecule has 2 amide bonds. The molecule has 0 bridgehead atoms. The van der Waals surface area contributed by atoms with Crippen LogP contribution in [0.1, 0.15) is 59.8 Å². The molecule has 2 unspecified atom stereocenters. The Labute approximate surface area is 181 Å². The molecule has 8 nitrogen and oxygen atoms in total. The fraction of sp³-hybridized carbons (Fsp3) is 0.850. The molecule has 174 valence electrons. The highest BCUT2D eigenvalue weighted by Crippen LogP contribution is 2.02. The SMILES string of the molecule is CC.CCC.CNCCCCC(NC(=O)CNC(=O)C(CCSC)NC)C(=O)O. The maximum absolute atomic E-state index is 12.0. The number of carboxylic acid groups (broad SMARTS) is 1. The largest absolute Gasteiger partial charge is 0.480 e. The number of carboxylic acids is 1. The fourth-order valence-corrected chi connectivity index (χ4v) is 2.56. The van der Waals surface area contributed by atoms with Crippen LogP contribution in [0.15, 0.2) is 0 Å². The van der Waals surface area contributed by atoms with E-state index in [0.29, 0.717) is 19.3 Å². The number of aliphatic carboxylic acids is 1. The van der Waals surface area contributed by atoms with Crippen molar-refractivity contribution in [2.75, 3.05) is 39.2 Å². The quantitative estimate of drug-likeness (QED) is 0.264. The van der Waals surface area contributed by atoms with Crippen molar-refractivity contribution in [2.45, 2.75) is 71.9 Å². The van der Waals surface area contributed by atoms with Crippen molar-refractivity contribution in [1.82, 2.24) is 21.3 Å². The van der Waals surface area contributed by atoms with Gasteiger partial charge in [0.25, 0.3) is 0 Å². The van der Waals surface area contributed by atoms with Gasteiger partial charge in [0.2, 0.25) is 11.8 Å². The Morgan fingerprint density at radius 2 is 1.59 bits per heavy atom. The van der Waals surface area contributed by atoms with Gasteiger partial charge in [-0.25, -0.2) is 4.79 Å². The Bertz CT molecular complexity index is 412. The summed E-state index contributed by atoms with van der Waals surface area (Å²) < 4.78 is 0. The number of amides is 2. The van der Waals surface area contributed by atoms with E-state index in [1.54, 1.807) is 18.8 Å². The van der Waals surface area contributed by atoms with E-state index < -0.39 is 17.9 Å². The van der Waals surface area contributed by atoms with Gasteiger partial charge in [-0.1, -0.05) is 34.1 Å². The van der Waals surface area contributed by atoms with Gasteiger partial charge in [0, 0.05) is 0 Å². The summed E-state index contributed by atoms with van der Waals surface area (Å²) >= 11 is 1.64. The summed E-state index contributed by atoms with van der Waals surface area (Å²) in [5.74, 6) is -0.988. The Hall–Kier alpha value is -1.32. The van der Waals surface area contributed by atoms with E-state index >= 15 is 0 Å². The number of carbonyl (C=O) groups excluding carboxylic acids is 2. The highest BCUT2D eigenvalue weighted by atomic mass is 32.2. The third kappa shape index (κ3) is 21.2. The molecule has 0 saturated carbocycles. The number of thioether (sulfide) groups is 1. The number of likely N-dealkylation sites (N-methyl/N-ethyl adjacent to an activating group) is 1. The van der Waals surface area contributed by atoms with Crippen LogP contribution in [-0.4, -0.2) is 74.2 Å². The van der Waals surface area contributed by atoms with Crippen molar-refractivity contribution in [3.8, 4) is 0 Å². The maximum Gasteiger partial charge on any atom is 0.326 e. The molecule has 5 N–H and O–H groups in total. The summed E-state index contributed by atoms with van der Waals surface area (Å²) in [6.07, 6.45) is 5.77. The Balaban J connectivity index is -0.00000123. The molecule has 0 aromatic rings. The minimum Gasteiger partial charge on any atom is -0.480 e. The first-order valence-electron chi connectivity index (χ1n) is 10.5. The predicted octanol–water partition coefficient (Wildman–Crippen LogP) is 1.85. The second-order valence-corrected chi connectivity index (χ2v) is 7.09.